The van der Waals surface area contributed by atoms with Crippen molar-refractivity contribution in [2.24, 2.45) is 5.92 Å². The van der Waals surface area contributed by atoms with E-state index in [9.17, 15) is 4.79 Å². The Bertz CT molecular complexity index is 625. The first-order valence-electron chi connectivity index (χ1n) is 7.43. The molecule has 1 aliphatic heterocycles. The van der Waals surface area contributed by atoms with Gasteiger partial charge in [0.15, 0.2) is 0 Å². The quantitative estimate of drug-likeness (QED) is 0.844. The molecule has 2 aromatic heterocycles. The fourth-order valence-corrected chi connectivity index (χ4v) is 3.40. The Morgan fingerprint density at radius 1 is 1.59 bits per heavy atom. The van der Waals surface area contributed by atoms with Crippen LogP contribution in [-0.2, 0) is 16.1 Å². The fraction of sp³-hybridized carbons (Fsp3) is 0.533. The number of hydrogen-bond donors (Lipinski definition) is 0. The SMILES string of the molecule is CO[C@H](C)C(=O)N1CCC(Cn2cc(-c3cccs3)nn2)C1. The van der Waals surface area contributed by atoms with Gasteiger partial charge in [-0.2, -0.15) is 0 Å². The van der Waals surface area contributed by atoms with E-state index in [1.165, 1.54) is 0 Å². The molecular weight excluding hydrogens is 300 g/mol. The number of carbonyl (C=O) groups excluding carboxylic acids is 1. The summed E-state index contributed by atoms with van der Waals surface area (Å²) < 4.78 is 6.99. The number of nitrogens with zero attached hydrogens (tertiary/aromatic N) is 4. The van der Waals surface area contributed by atoms with E-state index in [1.54, 1.807) is 25.4 Å². The molecule has 0 bridgehead atoms. The van der Waals surface area contributed by atoms with Crippen molar-refractivity contribution in [3.05, 3.63) is 23.7 Å². The molecule has 0 aromatic carbocycles. The summed E-state index contributed by atoms with van der Waals surface area (Å²) in [7, 11) is 1.57. The monoisotopic (exact) mass is 320 g/mol. The summed E-state index contributed by atoms with van der Waals surface area (Å²) in [6, 6.07) is 4.05. The number of rotatable bonds is 5. The van der Waals surface area contributed by atoms with Crippen LogP contribution in [-0.4, -0.2) is 52.1 Å². The second kappa shape index (κ2) is 6.58. The number of ether oxygens (including phenoxy) is 1. The van der Waals surface area contributed by atoms with Crippen LogP contribution in [0.4, 0.5) is 0 Å². The van der Waals surface area contributed by atoms with E-state index in [4.69, 9.17) is 4.74 Å². The summed E-state index contributed by atoms with van der Waals surface area (Å²) >= 11 is 1.66. The molecule has 0 spiro atoms. The van der Waals surface area contributed by atoms with Crippen LogP contribution in [0.3, 0.4) is 0 Å². The number of amides is 1. The molecule has 0 aliphatic carbocycles. The zero-order valence-corrected chi connectivity index (χ0v) is 13.6. The third kappa shape index (κ3) is 3.20. The third-order valence-corrected chi connectivity index (χ3v) is 4.95. The lowest BCUT2D eigenvalue weighted by atomic mass is 10.1. The normalized spacial score (nSPS) is 19.5. The molecule has 22 heavy (non-hydrogen) atoms. The van der Waals surface area contributed by atoms with Crippen LogP contribution in [0.1, 0.15) is 13.3 Å². The van der Waals surface area contributed by atoms with Gasteiger partial charge in [-0.1, -0.05) is 11.3 Å². The van der Waals surface area contributed by atoms with E-state index in [1.807, 2.05) is 33.3 Å². The van der Waals surface area contributed by atoms with Crippen LogP contribution in [0.25, 0.3) is 10.6 Å². The van der Waals surface area contributed by atoms with Gasteiger partial charge in [-0.15, -0.1) is 16.4 Å². The molecular formula is C15H20N4O2S. The number of likely N-dealkylation sites (tertiary alicyclic amines) is 1. The zero-order valence-electron chi connectivity index (χ0n) is 12.8. The Hall–Kier alpha value is -1.73. The highest BCUT2D eigenvalue weighted by atomic mass is 32.1. The molecule has 0 radical (unpaired) electrons. The smallest absolute Gasteiger partial charge is 0.251 e. The van der Waals surface area contributed by atoms with Crippen molar-refractivity contribution in [2.75, 3.05) is 20.2 Å². The first-order valence-corrected chi connectivity index (χ1v) is 8.31. The van der Waals surface area contributed by atoms with Crippen LogP contribution >= 0.6 is 11.3 Å². The minimum atomic E-state index is -0.365. The lowest BCUT2D eigenvalue weighted by Gasteiger charge is -2.20. The maximum atomic E-state index is 12.1. The van der Waals surface area contributed by atoms with Crippen molar-refractivity contribution in [3.8, 4) is 10.6 Å². The summed E-state index contributed by atoms with van der Waals surface area (Å²) in [6.45, 7) is 4.15. The first kappa shape index (κ1) is 15.2. The number of carbonyl (C=O) groups is 1. The molecule has 3 rings (SSSR count). The van der Waals surface area contributed by atoms with Crippen LogP contribution in [0.5, 0.6) is 0 Å². The van der Waals surface area contributed by atoms with E-state index in [0.29, 0.717) is 5.92 Å². The topological polar surface area (TPSA) is 60.2 Å². The van der Waals surface area contributed by atoms with Gasteiger partial charge < -0.3 is 9.64 Å². The predicted molar refractivity (Wildman–Crippen MR) is 84.5 cm³/mol. The molecule has 0 saturated carbocycles. The molecule has 7 heteroatoms. The fourth-order valence-electron chi connectivity index (χ4n) is 2.73. The molecule has 1 fully saturated rings. The molecule has 6 nitrogen and oxygen atoms in total. The third-order valence-electron chi connectivity index (χ3n) is 4.06. The Kier molecular flexibility index (Phi) is 4.54. The maximum Gasteiger partial charge on any atom is 0.251 e. The highest BCUT2D eigenvalue weighted by Gasteiger charge is 2.29. The second-order valence-corrected chi connectivity index (χ2v) is 6.57. The molecule has 1 unspecified atom stereocenters. The molecule has 1 saturated heterocycles. The molecule has 1 amide bonds. The van der Waals surface area contributed by atoms with Crippen LogP contribution in [0.15, 0.2) is 23.7 Å². The van der Waals surface area contributed by atoms with Crippen molar-refractivity contribution in [1.29, 1.82) is 0 Å². The largest absolute Gasteiger partial charge is 0.372 e. The predicted octanol–water partition coefficient (Wildman–Crippen LogP) is 1.89. The standard InChI is InChI=1S/C15H20N4O2S/c1-11(21-2)15(20)18-6-5-12(8-18)9-19-10-13(16-17-19)14-4-3-7-22-14/h3-4,7,10-12H,5-6,8-9H2,1-2H3/t11-,12?/m1/s1. The summed E-state index contributed by atoms with van der Waals surface area (Å²) in [4.78, 5) is 15.1. The second-order valence-electron chi connectivity index (χ2n) is 5.62. The number of thiophene rings is 1. The molecule has 118 valence electrons. The van der Waals surface area contributed by atoms with E-state index in [2.05, 4.69) is 10.3 Å². The summed E-state index contributed by atoms with van der Waals surface area (Å²) in [5.41, 5.74) is 0.911. The Balaban J connectivity index is 1.58. The van der Waals surface area contributed by atoms with Gasteiger partial charge in [0.2, 0.25) is 0 Å². The van der Waals surface area contributed by atoms with Crippen molar-refractivity contribution < 1.29 is 9.53 Å². The highest BCUT2D eigenvalue weighted by molar-refractivity contribution is 7.13. The molecule has 2 atom stereocenters. The van der Waals surface area contributed by atoms with Crippen molar-refractivity contribution >= 4 is 17.2 Å². The molecule has 2 aromatic rings. The first-order chi connectivity index (χ1) is 10.7. The van der Waals surface area contributed by atoms with Gasteiger partial charge in [0.05, 0.1) is 11.1 Å². The Morgan fingerprint density at radius 3 is 3.18 bits per heavy atom. The minimum absolute atomic E-state index is 0.0721. The molecule has 0 N–H and O–H groups in total. The number of methoxy groups -OCH3 is 1. The zero-order chi connectivity index (χ0) is 15.5. The molecule has 1 aliphatic rings. The van der Waals surface area contributed by atoms with Gasteiger partial charge in [0, 0.05) is 26.7 Å². The van der Waals surface area contributed by atoms with Crippen molar-refractivity contribution in [3.63, 3.8) is 0 Å². The van der Waals surface area contributed by atoms with Crippen LogP contribution < -0.4 is 0 Å². The molecule has 3 heterocycles. The highest BCUT2D eigenvalue weighted by Crippen LogP contribution is 2.23. The van der Waals surface area contributed by atoms with Gasteiger partial charge in [-0.3, -0.25) is 9.48 Å². The van der Waals surface area contributed by atoms with Crippen LogP contribution in [0, 0.1) is 5.92 Å². The van der Waals surface area contributed by atoms with Gasteiger partial charge in [0.25, 0.3) is 5.91 Å². The number of hydrogen-bond acceptors (Lipinski definition) is 5. The van der Waals surface area contributed by atoms with Gasteiger partial charge in [-0.25, -0.2) is 0 Å². The van der Waals surface area contributed by atoms with E-state index >= 15 is 0 Å². The van der Waals surface area contributed by atoms with Gasteiger partial charge >= 0.3 is 0 Å². The summed E-state index contributed by atoms with van der Waals surface area (Å²) in [6.07, 6.45) is 2.61. The number of aromatic nitrogens is 3. The minimum Gasteiger partial charge on any atom is -0.372 e. The van der Waals surface area contributed by atoms with E-state index in [-0.39, 0.29) is 12.0 Å². The average Bonchev–Trinajstić information content (AvgIpc) is 3.26. The lowest BCUT2D eigenvalue weighted by molar-refractivity contribution is -0.139. The van der Waals surface area contributed by atoms with Crippen LogP contribution in [0.2, 0.25) is 0 Å². The van der Waals surface area contributed by atoms with Gasteiger partial charge in [-0.05, 0) is 30.7 Å². The van der Waals surface area contributed by atoms with Crippen molar-refractivity contribution in [2.45, 2.75) is 26.0 Å². The Morgan fingerprint density at radius 2 is 2.45 bits per heavy atom. The summed E-state index contributed by atoms with van der Waals surface area (Å²) in [5, 5.41) is 10.5. The van der Waals surface area contributed by atoms with E-state index in [0.717, 1.165) is 36.6 Å². The Labute approximate surface area is 133 Å². The maximum absolute atomic E-state index is 12.1. The van der Waals surface area contributed by atoms with Crippen molar-refractivity contribution in [1.82, 2.24) is 19.9 Å². The lowest BCUT2D eigenvalue weighted by Crippen LogP contribution is -2.37. The summed E-state index contributed by atoms with van der Waals surface area (Å²) in [5.74, 6) is 0.494. The van der Waals surface area contributed by atoms with Gasteiger partial charge in [0.1, 0.15) is 11.8 Å². The average molecular weight is 320 g/mol. The van der Waals surface area contributed by atoms with E-state index < -0.39 is 0 Å².